The Kier molecular flexibility index (Phi) is 4.66. The Balaban J connectivity index is 1.60. The van der Waals surface area contributed by atoms with Gasteiger partial charge in [-0.3, -0.25) is 14.7 Å². The van der Waals surface area contributed by atoms with Gasteiger partial charge >= 0.3 is 0 Å². The number of amides is 1. The summed E-state index contributed by atoms with van der Waals surface area (Å²) in [7, 11) is 1.65. The second-order valence-electron chi connectivity index (χ2n) is 8.42. The molecule has 0 saturated heterocycles. The van der Waals surface area contributed by atoms with Crippen LogP contribution in [-0.2, 0) is 10.3 Å². The van der Waals surface area contributed by atoms with Crippen molar-refractivity contribution in [1.29, 1.82) is 0 Å². The number of carbonyl (C=O) groups excluding carboxylic acids is 1. The van der Waals surface area contributed by atoms with E-state index in [2.05, 4.69) is 17.1 Å². The lowest BCUT2D eigenvalue weighted by Gasteiger charge is -2.40. The molecule has 2 N–H and O–H groups in total. The highest BCUT2D eigenvalue weighted by Crippen LogP contribution is 2.47. The van der Waals surface area contributed by atoms with E-state index in [1.807, 2.05) is 30.5 Å². The molecule has 1 amide bonds. The van der Waals surface area contributed by atoms with Gasteiger partial charge in [0.05, 0.1) is 5.92 Å². The van der Waals surface area contributed by atoms with Gasteiger partial charge < -0.3 is 5.73 Å². The van der Waals surface area contributed by atoms with Crippen molar-refractivity contribution >= 4 is 23.2 Å². The number of carbonyl (C=O) groups is 1. The zero-order valence-electron chi connectivity index (χ0n) is 17.4. The molecule has 0 spiro atoms. The molecular weight excluding hydrogens is 411 g/mol. The van der Waals surface area contributed by atoms with Gasteiger partial charge in [-0.25, -0.2) is 9.38 Å². The summed E-state index contributed by atoms with van der Waals surface area (Å²) in [5, 5.41) is 1.85. The van der Waals surface area contributed by atoms with E-state index < -0.39 is 11.5 Å². The minimum atomic E-state index is -0.900. The van der Waals surface area contributed by atoms with Gasteiger partial charge in [0, 0.05) is 29.1 Å². The second kappa shape index (κ2) is 7.27. The quantitative estimate of drug-likeness (QED) is 0.652. The normalized spacial score (nSPS) is 23.7. The van der Waals surface area contributed by atoms with Gasteiger partial charge in [-0.2, -0.15) is 0 Å². The van der Waals surface area contributed by atoms with Crippen LogP contribution in [0.25, 0.3) is 11.3 Å². The number of aromatic nitrogens is 1. The predicted octanol–water partition coefficient (Wildman–Crippen LogP) is 4.61. The minimum absolute atomic E-state index is 0.104. The zero-order valence-corrected chi connectivity index (χ0v) is 18.2. The van der Waals surface area contributed by atoms with Crippen molar-refractivity contribution in [2.24, 2.45) is 10.7 Å². The molecule has 5 rings (SSSR count). The Labute approximate surface area is 184 Å². The molecule has 1 fully saturated rings. The molecule has 7 heteroatoms. The molecule has 2 atom stereocenters. The largest absolute Gasteiger partial charge is 0.369 e. The molecule has 2 aromatic heterocycles. The van der Waals surface area contributed by atoms with Crippen LogP contribution in [-0.4, -0.2) is 28.8 Å². The molecule has 1 saturated carbocycles. The van der Waals surface area contributed by atoms with E-state index in [1.54, 1.807) is 19.3 Å². The summed E-state index contributed by atoms with van der Waals surface area (Å²) < 4.78 is 14.3. The third-order valence-corrected chi connectivity index (χ3v) is 7.44. The molecule has 1 aliphatic carbocycles. The number of likely N-dealkylation sites (N-methyl/N-ethyl adjacent to an activating group) is 1. The van der Waals surface area contributed by atoms with Crippen LogP contribution in [0.15, 0.2) is 59.0 Å². The van der Waals surface area contributed by atoms with Crippen molar-refractivity contribution < 1.29 is 9.18 Å². The third kappa shape index (κ3) is 3.33. The third-order valence-electron chi connectivity index (χ3n) is 6.28. The van der Waals surface area contributed by atoms with Crippen molar-refractivity contribution in [2.75, 3.05) is 7.05 Å². The first-order valence-electron chi connectivity index (χ1n) is 10.3. The van der Waals surface area contributed by atoms with Crippen LogP contribution >= 0.6 is 11.3 Å². The van der Waals surface area contributed by atoms with Crippen molar-refractivity contribution in [3.8, 4) is 11.3 Å². The first-order valence-corrected chi connectivity index (χ1v) is 11.2. The summed E-state index contributed by atoms with van der Waals surface area (Å²) in [6.07, 6.45) is 4.02. The van der Waals surface area contributed by atoms with E-state index in [0.717, 1.165) is 10.4 Å². The number of benzene rings is 1. The maximum Gasteiger partial charge on any atom is 0.239 e. The van der Waals surface area contributed by atoms with E-state index in [0.29, 0.717) is 11.5 Å². The van der Waals surface area contributed by atoms with Crippen molar-refractivity contribution in [3.05, 3.63) is 75.9 Å². The van der Waals surface area contributed by atoms with Gasteiger partial charge in [0.25, 0.3) is 0 Å². The molecule has 158 valence electrons. The number of halogens is 1. The Morgan fingerprint density at radius 2 is 1.90 bits per heavy atom. The molecule has 2 aliphatic rings. The molecule has 3 heterocycles. The summed E-state index contributed by atoms with van der Waals surface area (Å²) in [4.78, 5) is 24.6. The molecule has 1 unspecified atom stereocenters. The van der Waals surface area contributed by atoms with Crippen LogP contribution in [0.1, 0.15) is 47.6 Å². The number of rotatable bonds is 4. The van der Waals surface area contributed by atoms with Crippen LogP contribution in [0.3, 0.4) is 0 Å². The Bertz CT molecular complexity index is 1180. The summed E-state index contributed by atoms with van der Waals surface area (Å²) in [5.41, 5.74) is 8.40. The Morgan fingerprint density at radius 1 is 1.19 bits per heavy atom. The predicted molar refractivity (Wildman–Crippen MR) is 120 cm³/mol. The minimum Gasteiger partial charge on any atom is -0.369 e. The molecule has 1 aliphatic heterocycles. The van der Waals surface area contributed by atoms with Crippen molar-refractivity contribution in [3.63, 3.8) is 0 Å². The number of nitrogens with zero attached hydrogens (tertiary/aromatic N) is 3. The van der Waals surface area contributed by atoms with Crippen LogP contribution in [0.4, 0.5) is 4.39 Å². The van der Waals surface area contributed by atoms with Gasteiger partial charge in [0.2, 0.25) is 5.91 Å². The zero-order chi connectivity index (χ0) is 21.8. The van der Waals surface area contributed by atoms with Crippen LogP contribution in [0.2, 0.25) is 0 Å². The van der Waals surface area contributed by atoms with Gasteiger partial charge in [-0.1, -0.05) is 24.3 Å². The summed E-state index contributed by atoms with van der Waals surface area (Å²) in [6, 6.07) is 13.1. The van der Waals surface area contributed by atoms with E-state index >= 15 is 0 Å². The second-order valence-corrected chi connectivity index (χ2v) is 9.33. The van der Waals surface area contributed by atoms with Gasteiger partial charge in [0.15, 0.2) is 5.96 Å². The van der Waals surface area contributed by atoms with Crippen molar-refractivity contribution in [1.82, 2.24) is 9.88 Å². The Hall–Kier alpha value is -3.06. The molecule has 0 bridgehead atoms. The maximum absolute atomic E-state index is 14.3. The molecule has 5 nitrogen and oxygen atoms in total. The molecule has 1 aromatic carbocycles. The van der Waals surface area contributed by atoms with Crippen LogP contribution in [0.5, 0.6) is 0 Å². The van der Waals surface area contributed by atoms with E-state index in [1.165, 1.54) is 40.7 Å². The highest BCUT2D eigenvalue weighted by Gasteiger charge is 2.48. The monoisotopic (exact) mass is 434 g/mol. The number of hydrogen-bond acceptors (Lipinski definition) is 5. The van der Waals surface area contributed by atoms with Crippen LogP contribution < -0.4 is 5.73 Å². The number of nitrogens with two attached hydrogens (primary N) is 1. The topological polar surface area (TPSA) is 71.6 Å². The average molecular weight is 435 g/mol. The Morgan fingerprint density at radius 3 is 2.58 bits per heavy atom. The van der Waals surface area contributed by atoms with Gasteiger partial charge in [-0.15, -0.1) is 11.3 Å². The highest BCUT2D eigenvalue weighted by molar-refractivity contribution is 7.10. The number of guanidine groups is 1. The molecular formula is C24H23FN4OS. The first kappa shape index (κ1) is 19.9. The van der Waals surface area contributed by atoms with E-state index in [9.17, 15) is 9.18 Å². The number of aliphatic imine (C=N–C) groups is 1. The molecule has 3 aromatic rings. The van der Waals surface area contributed by atoms with Crippen LogP contribution in [0, 0.1) is 5.82 Å². The smallest absolute Gasteiger partial charge is 0.239 e. The average Bonchev–Trinajstić information content (AvgIpc) is 3.49. The first-order chi connectivity index (χ1) is 14.9. The fourth-order valence-electron chi connectivity index (χ4n) is 4.29. The fourth-order valence-corrected chi connectivity index (χ4v) is 5.32. The highest BCUT2D eigenvalue weighted by atomic mass is 32.1. The van der Waals surface area contributed by atoms with Crippen molar-refractivity contribution in [2.45, 2.75) is 37.1 Å². The van der Waals surface area contributed by atoms with E-state index in [-0.39, 0.29) is 23.4 Å². The SMILES string of the molecule is CN1C(=O)C(c2ccc(C3CC3)cc2)[C@@](C)(c2cc(-c3ncccc3F)cs2)N=C1N. The standard InChI is InChI=1S/C24H23FN4OS/c1-24(19-12-17(13-31-19)21-18(25)4-3-11-27-21)20(22(30)29(2)23(26)28-24)16-9-7-15(8-10-16)14-5-6-14/h3-4,7-14,20H,5-6H2,1-2H3,(H2,26,28)/t20?,24-/m1/s1. The lowest BCUT2D eigenvalue weighted by Crippen LogP contribution is -2.52. The van der Waals surface area contributed by atoms with Gasteiger partial charge in [-0.05, 0) is 55.0 Å². The summed E-state index contributed by atoms with van der Waals surface area (Å²) >= 11 is 1.44. The molecule has 31 heavy (non-hydrogen) atoms. The van der Waals surface area contributed by atoms with E-state index in [4.69, 9.17) is 10.7 Å². The number of thiophene rings is 1. The molecule has 0 radical (unpaired) electrons. The number of hydrogen-bond donors (Lipinski definition) is 1. The summed E-state index contributed by atoms with van der Waals surface area (Å²) in [6.45, 7) is 1.93. The van der Waals surface area contributed by atoms with Gasteiger partial charge in [0.1, 0.15) is 17.1 Å². The summed E-state index contributed by atoms with van der Waals surface area (Å²) in [5.74, 6) is -0.192. The lowest BCUT2D eigenvalue weighted by molar-refractivity contribution is -0.130. The fraction of sp³-hybridized carbons (Fsp3) is 0.292. The number of pyridine rings is 1. The lowest BCUT2D eigenvalue weighted by atomic mass is 9.77. The maximum atomic E-state index is 14.3.